The summed E-state index contributed by atoms with van der Waals surface area (Å²) in [5, 5.41) is 0. The van der Waals surface area contributed by atoms with Crippen molar-refractivity contribution in [1.82, 2.24) is 4.98 Å². The molecule has 0 amide bonds. The fraction of sp³-hybridized carbons (Fsp3) is 0.368. The van der Waals surface area contributed by atoms with E-state index in [1.54, 1.807) is 5.57 Å². The molecule has 1 nitrogen and oxygen atoms in total. The highest BCUT2D eigenvalue weighted by Crippen LogP contribution is 2.35. The maximum atomic E-state index is 3.55. The van der Waals surface area contributed by atoms with Gasteiger partial charge < -0.3 is 4.98 Å². The average Bonchev–Trinajstić information content (AvgIpc) is 3.14. The van der Waals surface area contributed by atoms with Crippen LogP contribution >= 0.6 is 0 Å². The fourth-order valence-electron chi connectivity index (χ4n) is 2.75. The van der Waals surface area contributed by atoms with Gasteiger partial charge in [0.2, 0.25) is 0 Å². The van der Waals surface area contributed by atoms with Gasteiger partial charge in [0.15, 0.2) is 0 Å². The van der Waals surface area contributed by atoms with Crippen LogP contribution in [0.1, 0.15) is 49.2 Å². The minimum Gasteiger partial charge on any atom is -0.358 e. The average molecular weight is 265 g/mol. The third kappa shape index (κ3) is 2.58. The van der Waals surface area contributed by atoms with E-state index in [0.29, 0.717) is 0 Å². The number of rotatable bonds is 2. The lowest BCUT2D eigenvalue weighted by molar-refractivity contribution is 0.627. The molecule has 0 spiro atoms. The highest BCUT2D eigenvalue weighted by atomic mass is 14.7. The summed E-state index contributed by atoms with van der Waals surface area (Å²) in [6.07, 6.45) is 16.1. The zero-order chi connectivity index (χ0) is 14.3. The molecule has 0 atom stereocenters. The number of aryl methyl sites for hydroxylation is 1. The van der Waals surface area contributed by atoms with Crippen LogP contribution in [0.15, 0.2) is 36.0 Å². The molecule has 0 unspecified atom stereocenters. The first-order chi connectivity index (χ1) is 9.46. The van der Waals surface area contributed by atoms with E-state index in [1.165, 1.54) is 40.9 Å². The molecule has 20 heavy (non-hydrogen) atoms. The Balaban J connectivity index is 2.03. The molecular formula is C19H23N. The molecule has 2 aliphatic rings. The number of H-pyrrole nitrogens is 1. The molecule has 104 valence electrons. The summed E-state index contributed by atoms with van der Waals surface area (Å²) >= 11 is 0. The van der Waals surface area contributed by atoms with E-state index in [9.17, 15) is 0 Å². The fourth-order valence-corrected chi connectivity index (χ4v) is 2.75. The summed E-state index contributed by atoms with van der Waals surface area (Å²) in [6.45, 7) is 8.86. The van der Waals surface area contributed by atoms with Crippen LogP contribution in [0, 0.1) is 19.3 Å². The van der Waals surface area contributed by atoms with E-state index in [0.717, 1.165) is 0 Å². The van der Waals surface area contributed by atoms with Gasteiger partial charge in [-0.25, -0.2) is 0 Å². The Morgan fingerprint density at radius 1 is 1.15 bits per heavy atom. The smallest absolute Gasteiger partial charge is 0.0418 e. The van der Waals surface area contributed by atoms with Crippen LogP contribution in [0.5, 0.6) is 0 Å². The van der Waals surface area contributed by atoms with Gasteiger partial charge >= 0.3 is 0 Å². The van der Waals surface area contributed by atoms with Gasteiger partial charge in [-0.1, -0.05) is 49.8 Å². The van der Waals surface area contributed by atoms with Crippen molar-refractivity contribution in [3.05, 3.63) is 58.5 Å². The number of hydrogen-bond acceptors (Lipinski definition) is 0. The van der Waals surface area contributed by atoms with Crippen molar-refractivity contribution in [3.63, 3.8) is 0 Å². The highest BCUT2D eigenvalue weighted by Gasteiger charge is 2.18. The molecule has 1 fully saturated rings. The Labute approximate surface area is 121 Å². The zero-order valence-electron chi connectivity index (χ0n) is 12.9. The molecule has 0 bridgehead atoms. The first kappa shape index (κ1) is 13.2. The molecular weight excluding hydrogens is 242 g/mol. The first-order valence-corrected chi connectivity index (χ1v) is 7.44. The molecule has 1 aromatic heterocycles. The number of nitrogens with one attached hydrogen (secondary N) is 1. The van der Waals surface area contributed by atoms with E-state index >= 15 is 0 Å². The van der Waals surface area contributed by atoms with Crippen LogP contribution in [0.3, 0.4) is 0 Å². The molecule has 1 N–H and O–H groups in total. The second-order valence-corrected chi connectivity index (χ2v) is 6.60. The second-order valence-electron chi connectivity index (χ2n) is 6.60. The molecule has 1 aromatic rings. The monoisotopic (exact) mass is 265 g/mol. The van der Waals surface area contributed by atoms with Gasteiger partial charge in [-0.2, -0.15) is 0 Å². The number of aromatic amines is 1. The van der Waals surface area contributed by atoms with E-state index in [2.05, 4.69) is 69.1 Å². The molecule has 0 aliphatic heterocycles. The lowest BCUT2D eigenvalue weighted by Gasteiger charge is -2.12. The summed E-state index contributed by atoms with van der Waals surface area (Å²) in [7, 11) is 0. The number of aromatic nitrogens is 1. The quantitative estimate of drug-likeness (QED) is 0.742. The Morgan fingerprint density at radius 3 is 2.60 bits per heavy atom. The summed E-state index contributed by atoms with van der Waals surface area (Å²) in [6, 6.07) is 0. The van der Waals surface area contributed by atoms with Crippen LogP contribution < -0.4 is 0 Å². The zero-order valence-corrected chi connectivity index (χ0v) is 12.9. The highest BCUT2D eigenvalue weighted by molar-refractivity contribution is 5.81. The number of allylic oxidation sites excluding steroid dienone is 7. The Hall–Kier alpha value is -1.76. The topological polar surface area (TPSA) is 15.8 Å². The molecule has 0 saturated heterocycles. The third-order valence-electron chi connectivity index (χ3n) is 4.15. The van der Waals surface area contributed by atoms with Crippen molar-refractivity contribution in [3.8, 4) is 0 Å². The molecule has 2 aliphatic carbocycles. The van der Waals surface area contributed by atoms with Crippen molar-refractivity contribution >= 4 is 11.6 Å². The SMILES string of the molecule is Cc1[nH]c(C=C2CC2)c(C)c1C1=CC=CC(C)(C)C=C1. The van der Waals surface area contributed by atoms with Gasteiger partial charge in [-0.05, 0) is 43.9 Å². The minimum atomic E-state index is 0.134. The molecule has 1 heteroatoms. The Bertz CT molecular complexity index is 654. The van der Waals surface area contributed by atoms with Crippen LogP contribution in [0.2, 0.25) is 0 Å². The second kappa shape index (κ2) is 4.66. The van der Waals surface area contributed by atoms with Crippen molar-refractivity contribution < 1.29 is 0 Å². The number of hydrogen-bond donors (Lipinski definition) is 1. The van der Waals surface area contributed by atoms with E-state index in [1.807, 2.05) is 0 Å². The van der Waals surface area contributed by atoms with Crippen LogP contribution in [0.25, 0.3) is 11.6 Å². The summed E-state index contributed by atoms with van der Waals surface area (Å²) in [5.74, 6) is 0. The van der Waals surface area contributed by atoms with Crippen molar-refractivity contribution in [2.24, 2.45) is 5.41 Å². The van der Waals surface area contributed by atoms with E-state index < -0.39 is 0 Å². The maximum absolute atomic E-state index is 3.55. The lowest BCUT2D eigenvalue weighted by atomic mass is 9.92. The molecule has 3 rings (SSSR count). The van der Waals surface area contributed by atoms with Crippen LogP contribution in [-0.2, 0) is 0 Å². The molecule has 1 heterocycles. The van der Waals surface area contributed by atoms with E-state index in [4.69, 9.17) is 0 Å². The predicted molar refractivity (Wildman–Crippen MR) is 87.5 cm³/mol. The van der Waals surface area contributed by atoms with E-state index in [-0.39, 0.29) is 5.41 Å². The molecule has 0 aromatic carbocycles. The van der Waals surface area contributed by atoms with Gasteiger partial charge in [-0.15, -0.1) is 0 Å². The van der Waals surface area contributed by atoms with Crippen molar-refractivity contribution in [2.75, 3.05) is 0 Å². The van der Waals surface area contributed by atoms with Gasteiger partial charge in [-0.3, -0.25) is 0 Å². The first-order valence-electron chi connectivity index (χ1n) is 7.44. The van der Waals surface area contributed by atoms with Crippen LogP contribution in [0.4, 0.5) is 0 Å². The lowest BCUT2D eigenvalue weighted by Crippen LogP contribution is -2.00. The van der Waals surface area contributed by atoms with Gasteiger partial charge in [0.25, 0.3) is 0 Å². The Morgan fingerprint density at radius 2 is 1.90 bits per heavy atom. The standard InChI is InChI=1S/C19H23N/c1-13-17(12-15-7-8-15)20-14(2)18(13)16-6-5-10-19(3,4)11-9-16/h5-6,9-12,20H,7-8H2,1-4H3. The maximum Gasteiger partial charge on any atom is 0.0418 e. The summed E-state index contributed by atoms with van der Waals surface area (Å²) in [4.78, 5) is 3.55. The molecule has 0 radical (unpaired) electrons. The summed E-state index contributed by atoms with van der Waals surface area (Å²) < 4.78 is 0. The molecule has 1 saturated carbocycles. The van der Waals surface area contributed by atoms with Crippen molar-refractivity contribution in [2.45, 2.75) is 40.5 Å². The van der Waals surface area contributed by atoms with Gasteiger partial charge in [0.05, 0.1) is 0 Å². The normalized spacial score (nSPS) is 19.8. The predicted octanol–water partition coefficient (Wildman–Crippen LogP) is 5.34. The summed E-state index contributed by atoms with van der Waals surface area (Å²) in [5.41, 5.74) is 8.27. The Kier molecular flexibility index (Phi) is 3.08. The van der Waals surface area contributed by atoms with Gasteiger partial charge in [0.1, 0.15) is 0 Å². The van der Waals surface area contributed by atoms with Crippen molar-refractivity contribution in [1.29, 1.82) is 0 Å². The minimum absolute atomic E-state index is 0.134. The third-order valence-corrected chi connectivity index (χ3v) is 4.15. The van der Waals surface area contributed by atoms with Gasteiger partial charge in [0, 0.05) is 22.4 Å². The largest absolute Gasteiger partial charge is 0.358 e. The van der Waals surface area contributed by atoms with Crippen LogP contribution in [-0.4, -0.2) is 4.98 Å².